The highest BCUT2D eigenvalue weighted by molar-refractivity contribution is 5.86. The van der Waals surface area contributed by atoms with E-state index in [-0.39, 0.29) is 0 Å². The molecule has 16 heavy (non-hydrogen) atoms. The van der Waals surface area contributed by atoms with Crippen LogP contribution in [0.2, 0.25) is 0 Å². The highest BCUT2D eigenvalue weighted by Crippen LogP contribution is 2.24. The van der Waals surface area contributed by atoms with Crippen molar-refractivity contribution < 1.29 is 0 Å². The third kappa shape index (κ3) is 2.25. The van der Waals surface area contributed by atoms with Gasteiger partial charge in [-0.15, -0.1) is 0 Å². The highest BCUT2D eigenvalue weighted by atomic mass is 14.8. The summed E-state index contributed by atoms with van der Waals surface area (Å²) in [5.41, 5.74) is 1.44. The van der Waals surface area contributed by atoms with Crippen molar-refractivity contribution in [2.45, 2.75) is 19.8 Å². The number of rotatable bonds is 4. The molecule has 0 aromatic heterocycles. The van der Waals surface area contributed by atoms with Gasteiger partial charge in [0, 0.05) is 6.54 Å². The van der Waals surface area contributed by atoms with E-state index in [2.05, 4.69) is 61.6 Å². The van der Waals surface area contributed by atoms with Crippen LogP contribution in [0.3, 0.4) is 0 Å². The first kappa shape index (κ1) is 11.2. The van der Waals surface area contributed by atoms with Crippen molar-refractivity contribution in [2.24, 2.45) is 0 Å². The number of likely N-dealkylation sites (N-methyl/N-ethyl adjacent to an activating group) is 1. The molecular weight excluding hydrogens is 194 g/mol. The lowest BCUT2D eigenvalue weighted by Gasteiger charge is -2.14. The van der Waals surface area contributed by atoms with E-state index in [0.29, 0.717) is 5.92 Å². The maximum atomic E-state index is 3.41. The van der Waals surface area contributed by atoms with E-state index in [0.717, 1.165) is 13.1 Å². The average Bonchev–Trinajstić information content (AvgIpc) is 2.35. The lowest BCUT2D eigenvalue weighted by molar-refractivity contribution is 0.638. The van der Waals surface area contributed by atoms with Gasteiger partial charge in [-0.2, -0.15) is 0 Å². The third-order valence-corrected chi connectivity index (χ3v) is 3.05. The number of fused-ring (bicyclic) bond motifs is 1. The van der Waals surface area contributed by atoms with Crippen molar-refractivity contribution >= 4 is 10.8 Å². The van der Waals surface area contributed by atoms with E-state index in [9.17, 15) is 0 Å². The maximum absolute atomic E-state index is 3.41. The topological polar surface area (TPSA) is 12.0 Å². The summed E-state index contributed by atoms with van der Waals surface area (Å²) in [5.74, 6) is 0.561. The zero-order chi connectivity index (χ0) is 11.4. The van der Waals surface area contributed by atoms with Gasteiger partial charge in [-0.3, -0.25) is 0 Å². The van der Waals surface area contributed by atoms with E-state index in [4.69, 9.17) is 0 Å². The quantitative estimate of drug-likeness (QED) is 0.819. The molecule has 0 spiro atoms. The normalized spacial score (nSPS) is 12.9. The second-order valence-corrected chi connectivity index (χ2v) is 4.28. The van der Waals surface area contributed by atoms with Gasteiger partial charge in [-0.05, 0) is 28.8 Å². The van der Waals surface area contributed by atoms with Crippen LogP contribution in [0.5, 0.6) is 0 Å². The fourth-order valence-electron chi connectivity index (χ4n) is 2.15. The van der Waals surface area contributed by atoms with Gasteiger partial charge in [0.05, 0.1) is 0 Å². The van der Waals surface area contributed by atoms with E-state index >= 15 is 0 Å². The zero-order valence-corrected chi connectivity index (χ0v) is 10.0. The predicted molar refractivity (Wildman–Crippen MR) is 70.9 cm³/mol. The summed E-state index contributed by atoms with van der Waals surface area (Å²) in [4.78, 5) is 0. The summed E-state index contributed by atoms with van der Waals surface area (Å²) in [7, 11) is 0. The Morgan fingerprint density at radius 1 is 1.06 bits per heavy atom. The maximum Gasteiger partial charge on any atom is 0.00175 e. The van der Waals surface area contributed by atoms with Crippen LogP contribution in [0.25, 0.3) is 10.8 Å². The Labute approximate surface area is 97.5 Å². The number of benzene rings is 2. The molecule has 0 bridgehead atoms. The van der Waals surface area contributed by atoms with Crippen LogP contribution in [0.1, 0.15) is 25.3 Å². The molecule has 1 nitrogen and oxygen atoms in total. The molecule has 0 aliphatic carbocycles. The third-order valence-electron chi connectivity index (χ3n) is 3.05. The number of nitrogens with one attached hydrogen (secondary N) is 1. The second kappa shape index (κ2) is 5.13. The molecule has 0 radical (unpaired) electrons. The lowest BCUT2D eigenvalue weighted by Crippen LogP contribution is -2.19. The summed E-state index contributed by atoms with van der Waals surface area (Å²) < 4.78 is 0. The first-order valence-electron chi connectivity index (χ1n) is 6.01. The van der Waals surface area contributed by atoms with Gasteiger partial charge < -0.3 is 5.32 Å². The zero-order valence-electron chi connectivity index (χ0n) is 10.0. The molecule has 0 aliphatic heterocycles. The second-order valence-electron chi connectivity index (χ2n) is 4.28. The van der Waals surface area contributed by atoms with Crippen molar-refractivity contribution in [3.05, 3.63) is 48.0 Å². The van der Waals surface area contributed by atoms with Crippen LogP contribution in [0.4, 0.5) is 0 Å². The average molecular weight is 213 g/mol. The molecule has 1 unspecified atom stereocenters. The van der Waals surface area contributed by atoms with E-state index in [1.54, 1.807) is 0 Å². The van der Waals surface area contributed by atoms with Gasteiger partial charge in [0.1, 0.15) is 0 Å². The minimum Gasteiger partial charge on any atom is -0.316 e. The molecule has 2 rings (SSSR count). The number of hydrogen-bond acceptors (Lipinski definition) is 1. The molecular formula is C15H19N. The smallest absolute Gasteiger partial charge is 0.00175 e. The SMILES string of the molecule is CCNCC(C)c1cccc2ccccc12. The van der Waals surface area contributed by atoms with Crippen LogP contribution in [-0.4, -0.2) is 13.1 Å². The van der Waals surface area contributed by atoms with Crippen LogP contribution in [0.15, 0.2) is 42.5 Å². The Morgan fingerprint density at radius 2 is 1.81 bits per heavy atom. The molecule has 0 saturated heterocycles. The molecule has 1 N–H and O–H groups in total. The minimum atomic E-state index is 0.561. The summed E-state index contributed by atoms with van der Waals surface area (Å²) in [5, 5.41) is 6.13. The Bertz CT molecular complexity index is 456. The molecule has 0 saturated carbocycles. The fourth-order valence-corrected chi connectivity index (χ4v) is 2.15. The van der Waals surface area contributed by atoms with Gasteiger partial charge in [0.2, 0.25) is 0 Å². The van der Waals surface area contributed by atoms with E-state index < -0.39 is 0 Å². The monoisotopic (exact) mass is 213 g/mol. The Hall–Kier alpha value is -1.34. The van der Waals surface area contributed by atoms with Gasteiger partial charge in [-0.1, -0.05) is 56.3 Å². The molecule has 2 aromatic carbocycles. The van der Waals surface area contributed by atoms with Gasteiger partial charge in [0.25, 0.3) is 0 Å². The van der Waals surface area contributed by atoms with Gasteiger partial charge >= 0.3 is 0 Å². The summed E-state index contributed by atoms with van der Waals surface area (Å²) in [6.07, 6.45) is 0. The molecule has 0 heterocycles. The number of hydrogen-bond donors (Lipinski definition) is 1. The van der Waals surface area contributed by atoms with Crippen molar-refractivity contribution in [1.82, 2.24) is 5.32 Å². The molecule has 1 atom stereocenters. The van der Waals surface area contributed by atoms with Crippen molar-refractivity contribution in [1.29, 1.82) is 0 Å². The predicted octanol–water partition coefficient (Wildman–Crippen LogP) is 3.55. The summed E-state index contributed by atoms with van der Waals surface area (Å²) in [6, 6.07) is 15.2. The van der Waals surface area contributed by atoms with Crippen LogP contribution in [-0.2, 0) is 0 Å². The van der Waals surface area contributed by atoms with Crippen LogP contribution in [0, 0.1) is 0 Å². The molecule has 1 heteroatoms. The first-order valence-corrected chi connectivity index (χ1v) is 6.01. The van der Waals surface area contributed by atoms with Crippen molar-refractivity contribution in [3.63, 3.8) is 0 Å². The van der Waals surface area contributed by atoms with Crippen molar-refractivity contribution in [3.8, 4) is 0 Å². The molecule has 0 fully saturated rings. The van der Waals surface area contributed by atoms with E-state index in [1.165, 1.54) is 16.3 Å². The highest BCUT2D eigenvalue weighted by Gasteiger charge is 2.07. The molecule has 0 aliphatic rings. The van der Waals surface area contributed by atoms with Crippen molar-refractivity contribution in [2.75, 3.05) is 13.1 Å². The Kier molecular flexibility index (Phi) is 3.58. The van der Waals surface area contributed by atoms with Crippen LogP contribution >= 0.6 is 0 Å². The summed E-state index contributed by atoms with van der Waals surface area (Å²) in [6.45, 7) is 6.51. The molecule has 84 valence electrons. The fraction of sp³-hybridized carbons (Fsp3) is 0.333. The first-order chi connectivity index (χ1) is 7.83. The molecule has 2 aromatic rings. The van der Waals surface area contributed by atoms with Gasteiger partial charge in [0.15, 0.2) is 0 Å². The summed E-state index contributed by atoms with van der Waals surface area (Å²) >= 11 is 0. The van der Waals surface area contributed by atoms with E-state index in [1.807, 2.05) is 0 Å². The largest absolute Gasteiger partial charge is 0.316 e. The Balaban J connectivity index is 2.36. The Morgan fingerprint density at radius 3 is 2.62 bits per heavy atom. The standard InChI is InChI=1S/C15H19N/c1-3-16-11-12(2)14-10-6-8-13-7-4-5-9-15(13)14/h4-10,12,16H,3,11H2,1-2H3. The van der Waals surface area contributed by atoms with Crippen LogP contribution < -0.4 is 5.32 Å². The lowest BCUT2D eigenvalue weighted by atomic mass is 9.95. The molecule has 0 amide bonds. The van der Waals surface area contributed by atoms with Gasteiger partial charge in [-0.25, -0.2) is 0 Å². The minimum absolute atomic E-state index is 0.561.